The lowest BCUT2D eigenvalue weighted by molar-refractivity contribution is 0.239. The van der Waals surface area contributed by atoms with Crippen LogP contribution in [0.25, 0.3) is 0 Å². The Hall–Kier alpha value is -0.0831. The van der Waals surface area contributed by atoms with Crippen molar-refractivity contribution in [1.29, 1.82) is 0 Å². The first-order valence-corrected chi connectivity index (χ1v) is 6.20. The smallest absolute Gasteiger partial charge is 0.146 e. The zero-order chi connectivity index (χ0) is 10.3. The molecule has 0 aromatic carbocycles. The van der Waals surface area contributed by atoms with Gasteiger partial charge in [0, 0.05) is 0 Å². The zero-order valence-corrected chi connectivity index (χ0v) is 11.6. The van der Waals surface area contributed by atoms with Gasteiger partial charge < -0.3 is 4.43 Å². The molecule has 2 unspecified atom stereocenters. The highest BCUT2D eigenvalue weighted by atomic mass is 28.2. The first kappa shape index (κ1) is 12.9. The predicted molar refractivity (Wildman–Crippen MR) is 62.9 cm³/mol. The van der Waals surface area contributed by atoms with E-state index >= 15 is 0 Å². The molecule has 2 atom stereocenters. The van der Waals surface area contributed by atoms with Crippen LogP contribution in [0.3, 0.4) is 0 Å². The average molecular weight is 200 g/mol. The quantitative estimate of drug-likeness (QED) is 0.453. The van der Waals surface area contributed by atoms with Crippen molar-refractivity contribution in [2.45, 2.75) is 52.6 Å². The van der Waals surface area contributed by atoms with E-state index in [0.29, 0.717) is 12.0 Å². The summed E-state index contributed by atoms with van der Waals surface area (Å²) in [7, 11) is 0.820. The lowest BCUT2D eigenvalue weighted by Gasteiger charge is -2.22. The maximum absolute atomic E-state index is 5.50. The van der Waals surface area contributed by atoms with Crippen molar-refractivity contribution in [1.82, 2.24) is 0 Å². The molecular weight excluding hydrogens is 176 g/mol. The molecule has 0 aromatic heterocycles. The minimum absolute atomic E-state index is 0.318. The third-order valence-corrected chi connectivity index (χ3v) is 3.26. The van der Waals surface area contributed by atoms with E-state index in [2.05, 4.69) is 27.4 Å². The number of rotatable bonds is 7. The van der Waals surface area contributed by atoms with Crippen LogP contribution in [0.5, 0.6) is 0 Å². The van der Waals surface area contributed by atoms with Gasteiger partial charge in [-0.2, -0.15) is 0 Å². The molecule has 0 fully saturated rings. The Morgan fingerprint density at radius 1 is 1.46 bits per heavy atom. The Bertz CT molecular complexity index is 141. The van der Waals surface area contributed by atoms with E-state index in [1.54, 1.807) is 0 Å². The highest BCUT2D eigenvalue weighted by molar-refractivity contribution is 5.98. The van der Waals surface area contributed by atoms with Crippen molar-refractivity contribution in [3.05, 3.63) is 12.2 Å². The standard InChI is InChI=1S/C11H24OSi/c1-5-7-8-9(3)10(4)11(6-2)12-13/h9,11H,4-8H2,1-3,13H3. The normalized spacial score (nSPS) is 15.6. The third-order valence-electron chi connectivity index (χ3n) is 2.69. The molecule has 0 bridgehead atoms. The van der Waals surface area contributed by atoms with Gasteiger partial charge in [0.25, 0.3) is 0 Å². The topological polar surface area (TPSA) is 9.23 Å². The van der Waals surface area contributed by atoms with E-state index in [-0.39, 0.29) is 0 Å². The largest absolute Gasteiger partial charge is 0.421 e. The van der Waals surface area contributed by atoms with Crippen LogP contribution in [0.2, 0.25) is 0 Å². The van der Waals surface area contributed by atoms with Crippen LogP contribution in [-0.4, -0.2) is 16.6 Å². The fourth-order valence-electron chi connectivity index (χ4n) is 1.59. The average Bonchev–Trinajstić information content (AvgIpc) is 2.15. The second-order valence-corrected chi connectivity index (χ2v) is 4.22. The van der Waals surface area contributed by atoms with Crippen LogP contribution in [0.15, 0.2) is 12.2 Å². The fraction of sp³-hybridized carbons (Fsp3) is 0.818. The zero-order valence-electron chi connectivity index (χ0n) is 9.60. The summed E-state index contributed by atoms with van der Waals surface area (Å²) in [5.41, 5.74) is 1.30. The summed E-state index contributed by atoms with van der Waals surface area (Å²) in [6.07, 6.45) is 5.22. The Kier molecular flexibility index (Phi) is 7.29. The molecule has 0 saturated heterocycles. The van der Waals surface area contributed by atoms with E-state index in [1.807, 2.05) is 0 Å². The molecule has 0 amide bonds. The van der Waals surface area contributed by atoms with Crippen LogP contribution in [0.4, 0.5) is 0 Å². The molecule has 0 rings (SSSR count). The summed E-state index contributed by atoms with van der Waals surface area (Å²) in [6.45, 7) is 10.8. The molecule has 2 heteroatoms. The van der Waals surface area contributed by atoms with Crippen LogP contribution in [-0.2, 0) is 4.43 Å². The van der Waals surface area contributed by atoms with Crippen LogP contribution in [0, 0.1) is 5.92 Å². The van der Waals surface area contributed by atoms with E-state index in [0.717, 1.165) is 16.9 Å². The van der Waals surface area contributed by atoms with Crippen molar-refractivity contribution in [2.24, 2.45) is 5.92 Å². The second-order valence-electron chi connectivity index (χ2n) is 3.75. The molecule has 0 aliphatic heterocycles. The highest BCUT2D eigenvalue weighted by Gasteiger charge is 2.14. The van der Waals surface area contributed by atoms with Gasteiger partial charge in [-0.3, -0.25) is 0 Å². The second kappa shape index (κ2) is 7.33. The summed E-state index contributed by atoms with van der Waals surface area (Å²) in [6, 6.07) is 0. The Labute approximate surface area is 86.1 Å². The van der Waals surface area contributed by atoms with Crippen LogP contribution in [0.1, 0.15) is 46.5 Å². The van der Waals surface area contributed by atoms with Gasteiger partial charge in [0.2, 0.25) is 0 Å². The van der Waals surface area contributed by atoms with Crippen molar-refractivity contribution in [3.8, 4) is 0 Å². The molecule has 0 saturated carbocycles. The molecule has 0 aromatic rings. The minimum atomic E-state index is 0.318. The molecule has 0 aliphatic rings. The first-order valence-electron chi connectivity index (χ1n) is 5.38. The molecule has 0 spiro atoms. The van der Waals surface area contributed by atoms with Gasteiger partial charge in [-0.05, 0) is 24.3 Å². The molecule has 0 N–H and O–H groups in total. The Morgan fingerprint density at radius 2 is 2.08 bits per heavy atom. The SMILES string of the molecule is C=C(C(C)CCCC)C(CC)O[SiH3]. The molecular formula is C11H24OSi. The monoisotopic (exact) mass is 200 g/mol. The summed E-state index contributed by atoms with van der Waals surface area (Å²) in [5.74, 6) is 0.624. The molecule has 13 heavy (non-hydrogen) atoms. The fourth-order valence-corrected chi connectivity index (χ4v) is 2.23. The molecule has 0 heterocycles. The lowest BCUT2D eigenvalue weighted by atomic mass is 9.92. The number of hydrogen-bond donors (Lipinski definition) is 0. The van der Waals surface area contributed by atoms with Crippen LogP contribution >= 0.6 is 0 Å². The van der Waals surface area contributed by atoms with Gasteiger partial charge in [-0.25, -0.2) is 0 Å². The minimum Gasteiger partial charge on any atom is -0.421 e. The molecule has 0 aliphatic carbocycles. The van der Waals surface area contributed by atoms with Crippen LogP contribution < -0.4 is 0 Å². The third kappa shape index (κ3) is 4.63. The van der Waals surface area contributed by atoms with E-state index in [4.69, 9.17) is 4.43 Å². The number of unbranched alkanes of at least 4 members (excludes halogenated alkanes) is 1. The van der Waals surface area contributed by atoms with Gasteiger partial charge in [-0.15, -0.1) is 0 Å². The lowest BCUT2D eigenvalue weighted by Crippen LogP contribution is -2.17. The van der Waals surface area contributed by atoms with Gasteiger partial charge in [-0.1, -0.05) is 40.2 Å². The summed E-state index contributed by atoms with van der Waals surface area (Å²) < 4.78 is 5.50. The molecule has 78 valence electrons. The maximum Gasteiger partial charge on any atom is 0.146 e. The van der Waals surface area contributed by atoms with Gasteiger partial charge >= 0.3 is 0 Å². The van der Waals surface area contributed by atoms with Gasteiger partial charge in [0.15, 0.2) is 0 Å². The van der Waals surface area contributed by atoms with E-state index in [1.165, 1.54) is 24.8 Å². The molecule has 1 nitrogen and oxygen atoms in total. The summed E-state index contributed by atoms with van der Waals surface area (Å²) in [4.78, 5) is 0. The van der Waals surface area contributed by atoms with Gasteiger partial charge in [0.05, 0.1) is 6.10 Å². The van der Waals surface area contributed by atoms with Crippen molar-refractivity contribution in [3.63, 3.8) is 0 Å². The predicted octanol–water partition coefficient (Wildman–Crippen LogP) is 2.44. The van der Waals surface area contributed by atoms with Crippen molar-refractivity contribution in [2.75, 3.05) is 0 Å². The summed E-state index contributed by atoms with van der Waals surface area (Å²) in [5, 5.41) is 0. The Balaban J connectivity index is 3.92. The molecule has 0 radical (unpaired) electrons. The van der Waals surface area contributed by atoms with Crippen molar-refractivity contribution < 1.29 is 4.43 Å². The van der Waals surface area contributed by atoms with Gasteiger partial charge in [0.1, 0.15) is 10.5 Å². The van der Waals surface area contributed by atoms with Crippen molar-refractivity contribution >= 4 is 10.5 Å². The Morgan fingerprint density at radius 3 is 2.46 bits per heavy atom. The summed E-state index contributed by atoms with van der Waals surface area (Å²) >= 11 is 0. The number of hydrogen-bond acceptors (Lipinski definition) is 1. The van der Waals surface area contributed by atoms with E-state index in [9.17, 15) is 0 Å². The first-order chi connectivity index (χ1) is 6.17. The highest BCUT2D eigenvalue weighted by Crippen LogP contribution is 2.21. The maximum atomic E-state index is 5.50. The van der Waals surface area contributed by atoms with E-state index < -0.39 is 0 Å².